The molecule has 0 atom stereocenters. The summed E-state index contributed by atoms with van der Waals surface area (Å²) in [7, 11) is 0. The van der Waals surface area contributed by atoms with Gasteiger partial charge in [-0.05, 0) is 17.0 Å². The third kappa shape index (κ3) is 2.06. The Labute approximate surface area is 106 Å². The Balaban J connectivity index is 0.000000980. The van der Waals surface area contributed by atoms with Crippen molar-refractivity contribution in [1.82, 2.24) is 10.1 Å². The van der Waals surface area contributed by atoms with Gasteiger partial charge in [0.05, 0.1) is 0 Å². The average Bonchev–Trinajstić information content (AvgIpc) is 2.06. The maximum absolute atomic E-state index is 11.1. The van der Waals surface area contributed by atoms with Crippen LogP contribution in [-0.4, -0.2) is 10.1 Å². The van der Waals surface area contributed by atoms with E-state index in [0.717, 1.165) is 0 Å². The zero-order valence-corrected chi connectivity index (χ0v) is 10.0. The van der Waals surface area contributed by atoms with Crippen molar-refractivity contribution in [2.24, 2.45) is 0 Å². The van der Waals surface area contributed by atoms with Gasteiger partial charge in [0.25, 0.3) is 5.52 Å². The first kappa shape index (κ1) is 11.5. The van der Waals surface area contributed by atoms with E-state index in [1.54, 1.807) is 6.07 Å². The van der Waals surface area contributed by atoms with E-state index in [-0.39, 0.29) is 39.9 Å². The molecule has 0 saturated carbocycles. The normalized spacial score (nSPS) is 9.79. The third-order valence-corrected chi connectivity index (χ3v) is 1.77. The van der Waals surface area contributed by atoms with Crippen LogP contribution in [0.4, 0.5) is 0 Å². The minimum atomic E-state index is -0.801. The molecule has 0 saturated heterocycles. The summed E-state index contributed by atoms with van der Waals surface area (Å²) in [6.07, 6.45) is 0. The number of hydrogen-bond acceptors (Lipinski definition) is 4. The monoisotopic (exact) mass is 219 g/mol. The maximum atomic E-state index is 11.1. The molecule has 0 spiro atoms. The number of hydrogen-bond donors (Lipinski definition) is 0. The van der Waals surface area contributed by atoms with Gasteiger partial charge in [-0.3, -0.25) is 0 Å². The molecule has 0 amide bonds. The molecule has 0 aliphatic heterocycles. The zero-order chi connectivity index (χ0) is 9.42. The van der Waals surface area contributed by atoms with E-state index >= 15 is 0 Å². The molecule has 0 unspecified atom stereocenters. The van der Waals surface area contributed by atoms with Gasteiger partial charge in [0.1, 0.15) is 5.52 Å². The molecule has 1 heterocycles. The fourth-order valence-corrected chi connectivity index (χ4v) is 1.17. The minimum Gasteiger partial charge on any atom is -0.840 e. The van der Waals surface area contributed by atoms with Gasteiger partial charge in [0, 0.05) is 16.2 Å². The Hall–Kier alpha value is -0.620. The Morgan fingerprint density at radius 2 is 2.07 bits per heavy atom. The van der Waals surface area contributed by atoms with Crippen LogP contribution >= 0.6 is 11.6 Å². The van der Waals surface area contributed by atoms with Crippen molar-refractivity contribution in [2.45, 2.75) is 0 Å². The Kier molecular flexibility index (Phi) is 3.49. The summed E-state index contributed by atoms with van der Waals surface area (Å²) in [6.45, 7) is 0. The standard InChI is InChI=1S/C7H4ClN3O2.Na/c8-4-1-2-5-6(3-4)11(13)10-7(12)9-5;/h1-3H,(H,9,10,12);/q;+1/p-1. The molecule has 0 bridgehead atoms. The summed E-state index contributed by atoms with van der Waals surface area (Å²) >= 11 is 5.64. The average molecular weight is 220 g/mol. The van der Waals surface area contributed by atoms with E-state index in [2.05, 4.69) is 10.1 Å². The molecule has 2 rings (SSSR count). The zero-order valence-electron chi connectivity index (χ0n) is 7.27. The maximum Gasteiger partial charge on any atom is 1.00 e. The van der Waals surface area contributed by atoms with Crippen LogP contribution in [0, 0.1) is 5.21 Å². The van der Waals surface area contributed by atoms with Crippen LogP contribution in [0.2, 0.25) is 5.02 Å². The van der Waals surface area contributed by atoms with E-state index in [4.69, 9.17) is 11.6 Å². The Morgan fingerprint density at radius 1 is 1.36 bits per heavy atom. The van der Waals surface area contributed by atoms with E-state index in [1.807, 2.05) is 0 Å². The molecule has 14 heavy (non-hydrogen) atoms. The van der Waals surface area contributed by atoms with Crippen molar-refractivity contribution in [3.8, 4) is 6.01 Å². The molecule has 0 aliphatic rings. The molecule has 0 aliphatic carbocycles. The molecule has 5 nitrogen and oxygen atoms in total. The molecule has 0 N–H and O–H groups in total. The molecule has 7 heteroatoms. The smallest absolute Gasteiger partial charge is 0.840 e. The van der Waals surface area contributed by atoms with Crippen molar-refractivity contribution in [2.75, 3.05) is 0 Å². The molecule has 1 aromatic carbocycles. The van der Waals surface area contributed by atoms with Gasteiger partial charge in [-0.25, -0.2) is 4.98 Å². The predicted octanol–water partition coefficient (Wildman–Crippen LogP) is -3.01. The third-order valence-electron chi connectivity index (χ3n) is 1.54. The summed E-state index contributed by atoms with van der Waals surface area (Å²) in [5, 5.41) is 25.3. The Bertz CT molecular complexity index is 480. The van der Waals surface area contributed by atoms with Crippen LogP contribution in [0.3, 0.4) is 0 Å². The Morgan fingerprint density at radius 3 is 2.79 bits per heavy atom. The van der Waals surface area contributed by atoms with Crippen molar-refractivity contribution in [1.29, 1.82) is 0 Å². The van der Waals surface area contributed by atoms with E-state index < -0.39 is 6.01 Å². The van der Waals surface area contributed by atoms with Crippen LogP contribution in [-0.2, 0) is 0 Å². The van der Waals surface area contributed by atoms with Crippen LogP contribution in [0.5, 0.6) is 6.01 Å². The summed E-state index contributed by atoms with van der Waals surface area (Å²) in [6, 6.07) is 3.65. The van der Waals surface area contributed by atoms with Crippen LogP contribution < -0.4 is 39.5 Å². The van der Waals surface area contributed by atoms with Gasteiger partial charge in [-0.1, -0.05) is 11.6 Å². The van der Waals surface area contributed by atoms with Crippen molar-refractivity contribution >= 4 is 22.6 Å². The summed E-state index contributed by atoms with van der Waals surface area (Å²) in [5.41, 5.74) is 0.478. The quantitative estimate of drug-likeness (QED) is 0.269. The van der Waals surface area contributed by atoms with Gasteiger partial charge >= 0.3 is 29.6 Å². The fraction of sp³-hybridized carbons (Fsp3) is 0. The predicted molar refractivity (Wildman–Crippen MR) is 43.0 cm³/mol. The summed E-state index contributed by atoms with van der Waals surface area (Å²) < 4.78 is 0. The van der Waals surface area contributed by atoms with E-state index in [1.165, 1.54) is 12.1 Å². The minimum absolute atomic E-state index is 0. The second-order valence-corrected chi connectivity index (χ2v) is 2.84. The number of halogens is 1. The number of nitrogens with zero attached hydrogens (tertiary/aromatic N) is 3. The first-order valence-corrected chi connectivity index (χ1v) is 3.79. The number of rotatable bonds is 0. The molecule has 1 aromatic heterocycles. The molecule has 66 valence electrons. The second kappa shape index (κ2) is 4.27. The number of fused-ring (bicyclic) bond motifs is 1. The van der Waals surface area contributed by atoms with Crippen LogP contribution in [0.25, 0.3) is 11.0 Å². The summed E-state index contributed by atoms with van der Waals surface area (Å²) in [4.78, 5) is 3.75. The van der Waals surface area contributed by atoms with Gasteiger partial charge in [-0.15, -0.1) is 0 Å². The molecular formula is C7H3ClN3NaO2. The topological polar surface area (TPSA) is 75.8 Å². The van der Waals surface area contributed by atoms with Crippen molar-refractivity contribution < 1.29 is 39.5 Å². The summed E-state index contributed by atoms with van der Waals surface area (Å²) in [5.74, 6) is 0. The molecule has 0 fully saturated rings. The second-order valence-electron chi connectivity index (χ2n) is 2.40. The molecule has 2 aromatic rings. The fourth-order valence-electron chi connectivity index (χ4n) is 1.00. The van der Waals surface area contributed by atoms with Crippen molar-refractivity contribution in [3.63, 3.8) is 0 Å². The van der Waals surface area contributed by atoms with Crippen molar-refractivity contribution in [3.05, 3.63) is 28.4 Å². The van der Waals surface area contributed by atoms with Gasteiger partial charge in [-0.2, -0.15) is 0 Å². The van der Waals surface area contributed by atoms with E-state index in [9.17, 15) is 10.3 Å². The SMILES string of the molecule is [Na+].[O-]c1nc2ccc(Cl)cc2[n+]([O-])n1. The first-order chi connectivity index (χ1) is 6.16. The number of benzene rings is 1. The molecule has 0 radical (unpaired) electrons. The first-order valence-electron chi connectivity index (χ1n) is 3.41. The van der Waals surface area contributed by atoms with E-state index in [0.29, 0.717) is 10.5 Å². The molecular weight excluding hydrogens is 217 g/mol. The van der Waals surface area contributed by atoms with Gasteiger partial charge in [0.15, 0.2) is 6.01 Å². The van der Waals surface area contributed by atoms with Gasteiger partial charge < -0.3 is 10.3 Å². The van der Waals surface area contributed by atoms with Crippen LogP contribution in [0.1, 0.15) is 0 Å². The van der Waals surface area contributed by atoms with Gasteiger partial charge in [0.2, 0.25) is 0 Å². The largest absolute Gasteiger partial charge is 1.00 e. The van der Waals surface area contributed by atoms with Crippen LogP contribution in [0.15, 0.2) is 18.2 Å². The number of aromatic nitrogens is 3.